The highest BCUT2D eigenvalue weighted by atomic mass is 127. The van der Waals surface area contributed by atoms with E-state index in [1.807, 2.05) is 0 Å². The molecule has 1 aromatic carbocycles. The molecule has 0 fully saturated rings. The number of rotatable bonds is 0. The Kier molecular flexibility index (Phi) is 1.49. The molecule has 0 unspecified atom stereocenters. The third-order valence-corrected chi connectivity index (χ3v) is 2.28. The van der Waals surface area contributed by atoms with Gasteiger partial charge in [0.2, 0.25) is 0 Å². The predicted molar refractivity (Wildman–Crippen MR) is 50.5 cm³/mol. The van der Waals surface area contributed by atoms with Crippen molar-refractivity contribution in [1.82, 2.24) is 9.97 Å². The number of fused-ring (bicyclic) bond motifs is 1. The fraction of sp³-hybridized carbons (Fsp3) is 0. The van der Waals surface area contributed by atoms with Gasteiger partial charge in [0.25, 0.3) is 0 Å². The average molecular weight is 260 g/mol. The topological polar surface area (TPSA) is 48.9 Å². The molecule has 1 aromatic heterocycles. The van der Waals surface area contributed by atoms with E-state index >= 15 is 0 Å². The molecule has 0 radical (unpaired) electrons. The molecule has 2 rings (SSSR count). The van der Waals surface area contributed by atoms with Crippen LogP contribution in [-0.4, -0.2) is 15.1 Å². The zero-order valence-electron chi connectivity index (χ0n) is 5.50. The molecule has 0 aliphatic rings. The molecule has 3 nitrogen and oxygen atoms in total. The van der Waals surface area contributed by atoms with Crippen molar-refractivity contribution in [2.45, 2.75) is 0 Å². The van der Waals surface area contributed by atoms with Gasteiger partial charge in [0.1, 0.15) is 11.3 Å². The van der Waals surface area contributed by atoms with E-state index < -0.39 is 0 Å². The van der Waals surface area contributed by atoms with Crippen LogP contribution in [0.4, 0.5) is 0 Å². The summed E-state index contributed by atoms with van der Waals surface area (Å²) in [4.78, 5) is 7.01. The molecule has 0 aliphatic carbocycles. The molecule has 0 saturated carbocycles. The van der Waals surface area contributed by atoms with Crippen LogP contribution in [0.5, 0.6) is 5.75 Å². The van der Waals surface area contributed by atoms with Crippen LogP contribution in [0.2, 0.25) is 0 Å². The van der Waals surface area contributed by atoms with Gasteiger partial charge >= 0.3 is 0 Å². The van der Waals surface area contributed by atoms with Crippen LogP contribution < -0.4 is 0 Å². The summed E-state index contributed by atoms with van der Waals surface area (Å²) in [6, 6.07) is 3.34. The molecule has 0 spiro atoms. The predicted octanol–water partition coefficient (Wildman–Crippen LogP) is 1.87. The van der Waals surface area contributed by atoms with Gasteiger partial charge in [-0.15, -0.1) is 0 Å². The van der Waals surface area contributed by atoms with Crippen LogP contribution >= 0.6 is 22.6 Å². The van der Waals surface area contributed by atoms with Crippen LogP contribution in [-0.2, 0) is 0 Å². The summed E-state index contributed by atoms with van der Waals surface area (Å²) >= 11 is 2.14. The first-order chi connectivity index (χ1) is 5.27. The van der Waals surface area contributed by atoms with Gasteiger partial charge in [-0.2, -0.15) is 0 Å². The Morgan fingerprint density at radius 2 is 2.27 bits per heavy atom. The fourth-order valence-corrected chi connectivity index (χ4v) is 1.74. The van der Waals surface area contributed by atoms with Gasteiger partial charge < -0.3 is 10.1 Å². The molecule has 0 bridgehead atoms. The number of phenolic OH excluding ortho intramolecular Hbond substituents is 1. The van der Waals surface area contributed by atoms with Gasteiger partial charge in [0, 0.05) is 9.64 Å². The second-order valence-corrected chi connectivity index (χ2v) is 3.39. The normalized spacial score (nSPS) is 10.6. The summed E-state index contributed by atoms with van der Waals surface area (Å²) in [6.07, 6.45) is 1.62. The molecule has 11 heavy (non-hydrogen) atoms. The monoisotopic (exact) mass is 260 g/mol. The minimum atomic E-state index is 0.270. The standard InChI is InChI=1S/C7H5IN2O/c8-5-1-4(11)2-6-7(5)10-3-9-6/h1-3,11H,(H,9,10). The van der Waals surface area contributed by atoms with Gasteiger partial charge in [-0.05, 0) is 28.7 Å². The van der Waals surface area contributed by atoms with Crippen molar-refractivity contribution in [2.75, 3.05) is 0 Å². The summed E-state index contributed by atoms with van der Waals surface area (Å²) in [5.41, 5.74) is 1.78. The van der Waals surface area contributed by atoms with E-state index in [2.05, 4.69) is 32.6 Å². The van der Waals surface area contributed by atoms with Crippen LogP contribution in [0, 0.1) is 3.57 Å². The number of hydrogen-bond donors (Lipinski definition) is 2. The molecule has 0 aliphatic heterocycles. The van der Waals surface area contributed by atoms with Crippen molar-refractivity contribution >= 4 is 33.6 Å². The molecule has 56 valence electrons. The molecular weight excluding hydrogens is 255 g/mol. The zero-order valence-corrected chi connectivity index (χ0v) is 7.66. The molecule has 0 amide bonds. The SMILES string of the molecule is Oc1cc(I)c2nc[nH]c2c1. The number of aromatic hydroxyl groups is 1. The summed E-state index contributed by atoms with van der Waals surface area (Å²) in [7, 11) is 0. The van der Waals surface area contributed by atoms with Crippen molar-refractivity contribution in [2.24, 2.45) is 0 Å². The molecule has 2 N–H and O–H groups in total. The van der Waals surface area contributed by atoms with Crippen LogP contribution in [0.1, 0.15) is 0 Å². The fourth-order valence-electron chi connectivity index (χ4n) is 0.992. The molecule has 4 heteroatoms. The largest absolute Gasteiger partial charge is 0.508 e. The van der Waals surface area contributed by atoms with E-state index in [0.717, 1.165) is 14.6 Å². The van der Waals surface area contributed by atoms with Crippen molar-refractivity contribution in [3.8, 4) is 5.75 Å². The Balaban J connectivity index is 2.91. The number of hydrogen-bond acceptors (Lipinski definition) is 2. The molecule has 0 saturated heterocycles. The van der Waals surface area contributed by atoms with Gasteiger partial charge in [-0.1, -0.05) is 0 Å². The zero-order chi connectivity index (χ0) is 7.84. The van der Waals surface area contributed by atoms with Gasteiger partial charge in [0.15, 0.2) is 0 Å². The smallest absolute Gasteiger partial charge is 0.118 e. The summed E-state index contributed by atoms with van der Waals surface area (Å²) in [5.74, 6) is 0.270. The Labute approximate surface area is 76.6 Å². The van der Waals surface area contributed by atoms with Crippen LogP contribution in [0.3, 0.4) is 0 Å². The number of aromatic nitrogens is 2. The maximum Gasteiger partial charge on any atom is 0.118 e. The van der Waals surface area contributed by atoms with E-state index in [-0.39, 0.29) is 5.75 Å². The first-order valence-corrected chi connectivity index (χ1v) is 4.17. The maximum atomic E-state index is 9.18. The first kappa shape index (κ1) is 6.90. The van der Waals surface area contributed by atoms with Crippen molar-refractivity contribution < 1.29 is 5.11 Å². The summed E-state index contributed by atoms with van der Waals surface area (Å²) < 4.78 is 0.957. The minimum absolute atomic E-state index is 0.270. The number of phenols is 1. The van der Waals surface area contributed by atoms with Crippen molar-refractivity contribution in [1.29, 1.82) is 0 Å². The highest BCUT2D eigenvalue weighted by molar-refractivity contribution is 14.1. The Morgan fingerprint density at radius 1 is 1.45 bits per heavy atom. The van der Waals surface area contributed by atoms with Gasteiger partial charge in [0.05, 0.1) is 11.8 Å². The van der Waals surface area contributed by atoms with Crippen LogP contribution in [0.15, 0.2) is 18.5 Å². The van der Waals surface area contributed by atoms with E-state index in [9.17, 15) is 5.11 Å². The highest BCUT2D eigenvalue weighted by Gasteiger charge is 2.01. The highest BCUT2D eigenvalue weighted by Crippen LogP contribution is 2.22. The summed E-state index contributed by atoms with van der Waals surface area (Å²) in [6.45, 7) is 0. The molecule has 1 heterocycles. The number of H-pyrrole nitrogens is 1. The second-order valence-electron chi connectivity index (χ2n) is 2.23. The van der Waals surface area contributed by atoms with E-state index in [1.54, 1.807) is 18.5 Å². The van der Waals surface area contributed by atoms with Gasteiger partial charge in [-0.3, -0.25) is 0 Å². The molecular formula is C7H5IN2O. The lowest BCUT2D eigenvalue weighted by molar-refractivity contribution is 0.475. The number of nitrogens with one attached hydrogen (secondary N) is 1. The number of benzene rings is 1. The molecule has 2 aromatic rings. The van der Waals surface area contributed by atoms with E-state index in [1.165, 1.54) is 0 Å². The quantitative estimate of drug-likeness (QED) is 0.710. The van der Waals surface area contributed by atoms with Crippen LogP contribution in [0.25, 0.3) is 11.0 Å². The number of aromatic amines is 1. The lowest BCUT2D eigenvalue weighted by atomic mass is 10.3. The lowest BCUT2D eigenvalue weighted by Gasteiger charge is -1.93. The van der Waals surface area contributed by atoms with E-state index in [4.69, 9.17) is 0 Å². The van der Waals surface area contributed by atoms with Crippen molar-refractivity contribution in [3.63, 3.8) is 0 Å². The van der Waals surface area contributed by atoms with Gasteiger partial charge in [-0.25, -0.2) is 4.98 Å². The molecule has 0 atom stereocenters. The Bertz CT molecular complexity index is 396. The third-order valence-electron chi connectivity index (χ3n) is 1.46. The average Bonchev–Trinajstić information content (AvgIpc) is 2.34. The van der Waals surface area contributed by atoms with Crippen molar-refractivity contribution in [3.05, 3.63) is 22.0 Å². The minimum Gasteiger partial charge on any atom is -0.508 e. The second kappa shape index (κ2) is 2.37. The lowest BCUT2D eigenvalue weighted by Crippen LogP contribution is -1.75. The number of imidazole rings is 1. The third kappa shape index (κ3) is 1.07. The Hall–Kier alpha value is -0.780. The summed E-state index contributed by atoms with van der Waals surface area (Å²) in [5, 5.41) is 9.18. The first-order valence-electron chi connectivity index (χ1n) is 3.09. The van der Waals surface area contributed by atoms with E-state index in [0.29, 0.717) is 0 Å². The Morgan fingerprint density at radius 3 is 3.09 bits per heavy atom. The number of halogens is 1. The number of nitrogens with zero attached hydrogens (tertiary/aromatic N) is 1. The maximum absolute atomic E-state index is 9.18.